The first-order valence-electron chi connectivity index (χ1n) is 8.37. The first kappa shape index (κ1) is 18.7. The number of rotatable bonds is 3. The number of amides is 2. The third-order valence-electron chi connectivity index (χ3n) is 3.78. The number of benzene rings is 2. The van der Waals surface area contributed by atoms with Crippen LogP contribution in [0.15, 0.2) is 90.5 Å². The fourth-order valence-electron chi connectivity index (χ4n) is 2.46. The van der Waals surface area contributed by atoms with E-state index in [0.29, 0.717) is 5.69 Å². The maximum Gasteiger partial charge on any atom is 0.346 e. The van der Waals surface area contributed by atoms with Gasteiger partial charge < -0.3 is 4.74 Å². The lowest BCUT2D eigenvalue weighted by Crippen LogP contribution is -2.29. The molecule has 0 spiro atoms. The summed E-state index contributed by atoms with van der Waals surface area (Å²) in [6, 6.07) is 18.4. The van der Waals surface area contributed by atoms with Crippen molar-refractivity contribution in [2.24, 2.45) is 0 Å². The lowest BCUT2D eigenvalue weighted by Gasteiger charge is -2.12. The molecule has 0 radical (unpaired) electrons. The molecule has 28 heavy (non-hydrogen) atoms. The summed E-state index contributed by atoms with van der Waals surface area (Å²) in [5, 5.41) is 0. The maximum atomic E-state index is 11.2. The minimum absolute atomic E-state index is 0.281. The van der Waals surface area contributed by atoms with Crippen LogP contribution in [0.3, 0.4) is 0 Å². The standard InChI is InChI=1S/C12H8O3.C10H7NO2/c13-11-8-10(12(14)15-11)7-6-9-4-2-1-3-5-9;12-9-6-7-10(13)11(9)8-4-2-1-3-5-8/h1-8H;1-7H. The van der Waals surface area contributed by atoms with E-state index in [9.17, 15) is 19.2 Å². The van der Waals surface area contributed by atoms with E-state index in [2.05, 4.69) is 4.74 Å². The first-order chi connectivity index (χ1) is 13.5. The van der Waals surface area contributed by atoms with Crippen molar-refractivity contribution in [1.29, 1.82) is 0 Å². The zero-order valence-electron chi connectivity index (χ0n) is 14.6. The smallest absolute Gasteiger partial charge is 0.346 e. The van der Waals surface area contributed by atoms with Gasteiger partial charge in [-0.3, -0.25) is 9.59 Å². The van der Waals surface area contributed by atoms with Crippen LogP contribution in [-0.2, 0) is 23.9 Å². The molecule has 0 fully saturated rings. The number of hydrogen-bond acceptors (Lipinski definition) is 5. The van der Waals surface area contributed by atoms with Gasteiger partial charge in [0, 0.05) is 18.2 Å². The topological polar surface area (TPSA) is 80.8 Å². The van der Waals surface area contributed by atoms with Crippen molar-refractivity contribution in [2.75, 3.05) is 4.90 Å². The molecule has 2 amide bonds. The predicted octanol–water partition coefficient (Wildman–Crippen LogP) is 2.83. The molecule has 0 bridgehead atoms. The molecule has 2 aromatic carbocycles. The number of para-hydroxylation sites is 1. The summed E-state index contributed by atoms with van der Waals surface area (Å²) < 4.78 is 4.34. The largest absolute Gasteiger partial charge is 0.386 e. The van der Waals surface area contributed by atoms with Crippen LogP contribution in [-0.4, -0.2) is 23.8 Å². The molecule has 2 aromatic rings. The second kappa shape index (κ2) is 8.55. The highest BCUT2D eigenvalue weighted by molar-refractivity contribution is 6.28. The Kier molecular flexibility index (Phi) is 5.72. The van der Waals surface area contributed by atoms with Gasteiger partial charge in [0.05, 0.1) is 11.3 Å². The molecule has 2 heterocycles. The van der Waals surface area contributed by atoms with Crippen LogP contribution in [0.1, 0.15) is 5.56 Å². The van der Waals surface area contributed by atoms with E-state index in [1.807, 2.05) is 36.4 Å². The van der Waals surface area contributed by atoms with Gasteiger partial charge in [-0.25, -0.2) is 14.5 Å². The third kappa shape index (κ3) is 4.56. The third-order valence-corrected chi connectivity index (χ3v) is 3.78. The van der Waals surface area contributed by atoms with E-state index < -0.39 is 11.9 Å². The van der Waals surface area contributed by atoms with Crippen LogP contribution in [0.5, 0.6) is 0 Å². The van der Waals surface area contributed by atoms with Gasteiger partial charge in [0.15, 0.2) is 0 Å². The van der Waals surface area contributed by atoms with Crippen molar-refractivity contribution in [1.82, 2.24) is 0 Å². The average Bonchev–Trinajstić information content (AvgIpc) is 3.22. The van der Waals surface area contributed by atoms with Crippen LogP contribution in [0.2, 0.25) is 0 Å². The van der Waals surface area contributed by atoms with Gasteiger partial charge in [-0.1, -0.05) is 54.6 Å². The van der Waals surface area contributed by atoms with Crippen molar-refractivity contribution >= 4 is 35.5 Å². The summed E-state index contributed by atoms with van der Waals surface area (Å²) in [5.74, 6) is -1.76. The molecule has 0 atom stereocenters. The summed E-state index contributed by atoms with van der Waals surface area (Å²) in [6.45, 7) is 0. The van der Waals surface area contributed by atoms with Gasteiger partial charge in [-0.05, 0) is 23.8 Å². The highest BCUT2D eigenvalue weighted by atomic mass is 16.6. The molecule has 0 unspecified atom stereocenters. The minimum atomic E-state index is -0.604. The van der Waals surface area contributed by atoms with Gasteiger partial charge in [-0.2, -0.15) is 0 Å². The van der Waals surface area contributed by atoms with Crippen molar-refractivity contribution < 1.29 is 23.9 Å². The quantitative estimate of drug-likeness (QED) is 0.469. The summed E-state index contributed by atoms with van der Waals surface area (Å²) in [4.78, 5) is 45.3. The van der Waals surface area contributed by atoms with Crippen LogP contribution < -0.4 is 4.90 Å². The number of cyclic esters (lactones) is 2. The molecule has 0 saturated carbocycles. The van der Waals surface area contributed by atoms with Crippen LogP contribution >= 0.6 is 0 Å². The molecule has 0 aromatic heterocycles. The SMILES string of the molecule is O=C1C=C(C=Cc2ccccc2)C(=O)O1.O=C1C=CC(=O)N1c1ccccc1. The Bertz CT molecular complexity index is 986. The summed E-state index contributed by atoms with van der Waals surface area (Å²) >= 11 is 0. The number of ether oxygens (including phenoxy) is 1. The predicted molar refractivity (Wildman–Crippen MR) is 103 cm³/mol. The monoisotopic (exact) mass is 373 g/mol. The number of hydrogen-bond donors (Lipinski definition) is 0. The van der Waals surface area contributed by atoms with Crippen LogP contribution in [0.25, 0.3) is 6.08 Å². The van der Waals surface area contributed by atoms with Gasteiger partial charge >= 0.3 is 11.9 Å². The summed E-state index contributed by atoms with van der Waals surface area (Å²) in [5.41, 5.74) is 1.86. The zero-order valence-corrected chi connectivity index (χ0v) is 14.6. The molecule has 0 saturated heterocycles. The Morgan fingerprint density at radius 2 is 1.29 bits per heavy atom. The van der Waals surface area contributed by atoms with E-state index in [1.165, 1.54) is 18.2 Å². The Morgan fingerprint density at radius 1 is 0.714 bits per heavy atom. The summed E-state index contributed by atoms with van der Waals surface area (Å²) in [6.07, 6.45) is 7.06. The molecule has 138 valence electrons. The minimum Gasteiger partial charge on any atom is -0.386 e. The lowest BCUT2D eigenvalue weighted by molar-refractivity contribution is -0.150. The van der Waals surface area contributed by atoms with Gasteiger partial charge in [-0.15, -0.1) is 0 Å². The van der Waals surface area contributed by atoms with Crippen molar-refractivity contribution in [2.45, 2.75) is 0 Å². The Hall–Kier alpha value is -4.06. The molecule has 6 nitrogen and oxygen atoms in total. The summed E-state index contributed by atoms with van der Waals surface area (Å²) in [7, 11) is 0. The molecule has 2 aliphatic rings. The average molecular weight is 373 g/mol. The fourth-order valence-corrected chi connectivity index (χ4v) is 2.46. The van der Waals surface area contributed by atoms with Crippen molar-refractivity contribution in [3.05, 3.63) is 96.1 Å². The highest BCUT2D eigenvalue weighted by Gasteiger charge is 2.24. The number of anilines is 1. The van der Waals surface area contributed by atoms with Crippen molar-refractivity contribution in [3.63, 3.8) is 0 Å². The number of nitrogens with zero attached hydrogens (tertiary/aromatic N) is 1. The van der Waals surface area contributed by atoms with Crippen LogP contribution in [0, 0.1) is 0 Å². The molecule has 4 rings (SSSR count). The zero-order chi connectivity index (χ0) is 19.9. The Balaban J connectivity index is 0.000000162. The number of carbonyl (C=O) groups excluding carboxylic acids is 4. The van der Waals surface area contributed by atoms with Crippen molar-refractivity contribution in [3.8, 4) is 0 Å². The highest BCUT2D eigenvalue weighted by Crippen LogP contribution is 2.17. The fraction of sp³-hybridized carbons (Fsp3) is 0. The number of carbonyl (C=O) groups is 4. The molecule has 0 aliphatic carbocycles. The molecular formula is C22H15NO5. The first-order valence-corrected chi connectivity index (χ1v) is 8.37. The lowest BCUT2D eigenvalue weighted by atomic mass is 10.1. The second-order valence-corrected chi connectivity index (χ2v) is 5.73. The molecule has 2 aliphatic heterocycles. The second-order valence-electron chi connectivity index (χ2n) is 5.73. The number of imide groups is 1. The Labute approximate surface area is 161 Å². The maximum absolute atomic E-state index is 11.2. The van der Waals surface area contributed by atoms with Gasteiger partial charge in [0.2, 0.25) is 0 Å². The van der Waals surface area contributed by atoms with E-state index in [4.69, 9.17) is 0 Å². The van der Waals surface area contributed by atoms with E-state index in [0.717, 1.165) is 10.5 Å². The number of esters is 2. The van der Waals surface area contributed by atoms with E-state index in [-0.39, 0.29) is 17.4 Å². The normalized spacial score (nSPS) is 15.6. The van der Waals surface area contributed by atoms with E-state index in [1.54, 1.807) is 36.4 Å². The Morgan fingerprint density at radius 3 is 1.82 bits per heavy atom. The molecule has 0 N–H and O–H groups in total. The van der Waals surface area contributed by atoms with Crippen LogP contribution in [0.4, 0.5) is 5.69 Å². The molecular weight excluding hydrogens is 358 g/mol. The van der Waals surface area contributed by atoms with Gasteiger partial charge in [0.25, 0.3) is 11.8 Å². The van der Waals surface area contributed by atoms with Gasteiger partial charge in [0.1, 0.15) is 0 Å². The van der Waals surface area contributed by atoms with E-state index >= 15 is 0 Å². The molecule has 6 heteroatoms.